The molecule has 0 unspecified atom stereocenters. The number of rotatable bonds is 10. The fourth-order valence-corrected chi connectivity index (χ4v) is 3.57. The predicted molar refractivity (Wildman–Crippen MR) is 132 cm³/mol. The molecule has 0 aliphatic heterocycles. The Kier molecular flexibility index (Phi) is 8.66. The van der Waals surface area contributed by atoms with Crippen LogP contribution in [0.15, 0.2) is 72.8 Å². The van der Waals surface area contributed by atoms with Gasteiger partial charge < -0.3 is 16.0 Å². The van der Waals surface area contributed by atoms with Gasteiger partial charge in [-0.25, -0.2) is 0 Å². The number of carbonyl (C=O) groups is 3. The molecule has 0 atom stereocenters. The zero-order valence-electron chi connectivity index (χ0n) is 19.2. The van der Waals surface area contributed by atoms with Crippen LogP contribution >= 0.6 is 0 Å². The van der Waals surface area contributed by atoms with Gasteiger partial charge in [0.15, 0.2) is 0 Å². The zero-order chi connectivity index (χ0) is 25.2. The van der Waals surface area contributed by atoms with Crippen LogP contribution in [0.5, 0.6) is 0 Å². The molecule has 35 heavy (non-hydrogen) atoms. The molecule has 3 N–H and O–H groups in total. The van der Waals surface area contributed by atoms with Crippen LogP contribution in [0.2, 0.25) is 0 Å². The molecule has 0 saturated carbocycles. The Morgan fingerprint density at radius 3 is 1.71 bits per heavy atom. The van der Waals surface area contributed by atoms with Crippen LogP contribution in [-0.4, -0.2) is 35.7 Å². The molecule has 3 aromatic rings. The number of amides is 3. The summed E-state index contributed by atoms with van der Waals surface area (Å²) in [5.41, 5.74) is 2.24. The van der Waals surface area contributed by atoms with E-state index in [0.717, 1.165) is 0 Å². The highest BCUT2D eigenvalue weighted by Crippen LogP contribution is 2.28. The van der Waals surface area contributed by atoms with Gasteiger partial charge in [0.2, 0.25) is 5.91 Å². The van der Waals surface area contributed by atoms with Crippen molar-refractivity contribution in [2.75, 3.05) is 18.4 Å². The molecule has 3 aromatic carbocycles. The number of hydrogen-bond acceptors (Lipinski definition) is 5. The molecule has 9 nitrogen and oxygen atoms in total. The van der Waals surface area contributed by atoms with Crippen molar-refractivity contribution in [3.05, 3.63) is 105 Å². The Balaban J connectivity index is 1.74. The maximum atomic E-state index is 12.3. The first-order valence-electron chi connectivity index (χ1n) is 11.1. The highest BCUT2D eigenvalue weighted by Gasteiger charge is 2.19. The lowest BCUT2D eigenvalue weighted by Crippen LogP contribution is -2.26. The first kappa shape index (κ1) is 25.1. The van der Waals surface area contributed by atoms with E-state index in [2.05, 4.69) is 16.0 Å². The normalized spacial score (nSPS) is 10.3. The van der Waals surface area contributed by atoms with Crippen molar-refractivity contribution in [2.24, 2.45) is 0 Å². The van der Waals surface area contributed by atoms with Gasteiger partial charge in [-0.3, -0.25) is 24.5 Å². The lowest BCUT2D eigenvalue weighted by molar-refractivity contribution is -0.385. The summed E-state index contributed by atoms with van der Waals surface area (Å²) in [5, 5.41) is 19.9. The molecular weight excluding hydrogens is 448 g/mol. The molecule has 3 amide bonds. The Morgan fingerprint density at radius 2 is 1.26 bits per heavy atom. The number of anilines is 1. The van der Waals surface area contributed by atoms with Gasteiger partial charge in [0, 0.05) is 42.8 Å². The van der Waals surface area contributed by atoms with Crippen molar-refractivity contribution in [1.82, 2.24) is 10.6 Å². The largest absolute Gasteiger partial charge is 0.352 e. The van der Waals surface area contributed by atoms with Crippen LogP contribution in [-0.2, 0) is 17.6 Å². The molecule has 0 aliphatic rings. The van der Waals surface area contributed by atoms with Gasteiger partial charge in [0.05, 0.1) is 10.6 Å². The van der Waals surface area contributed by atoms with E-state index >= 15 is 0 Å². The highest BCUT2D eigenvalue weighted by atomic mass is 16.6. The summed E-state index contributed by atoms with van der Waals surface area (Å²) in [4.78, 5) is 47.5. The molecule has 9 heteroatoms. The Bertz CT molecular complexity index is 1210. The third-order valence-electron chi connectivity index (χ3n) is 5.24. The zero-order valence-corrected chi connectivity index (χ0v) is 19.2. The summed E-state index contributed by atoms with van der Waals surface area (Å²) in [5.74, 6) is -0.874. The predicted octanol–water partition coefficient (Wildman–Crippen LogP) is 3.50. The van der Waals surface area contributed by atoms with Crippen LogP contribution in [0.4, 0.5) is 11.4 Å². The van der Waals surface area contributed by atoms with Crippen molar-refractivity contribution in [3.63, 3.8) is 0 Å². The number of benzene rings is 3. The first-order chi connectivity index (χ1) is 16.8. The number of nitrogens with zero attached hydrogens (tertiary/aromatic N) is 1. The van der Waals surface area contributed by atoms with Gasteiger partial charge in [-0.1, -0.05) is 36.4 Å². The van der Waals surface area contributed by atoms with E-state index in [1.165, 1.54) is 13.0 Å². The lowest BCUT2D eigenvalue weighted by atomic mass is 10.0. The lowest BCUT2D eigenvalue weighted by Gasteiger charge is -2.14. The summed E-state index contributed by atoms with van der Waals surface area (Å²) >= 11 is 0. The monoisotopic (exact) mass is 474 g/mol. The molecule has 0 bridgehead atoms. The van der Waals surface area contributed by atoms with E-state index < -0.39 is 4.92 Å². The number of carbonyl (C=O) groups excluding carboxylic acids is 3. The third kappa shape index (κ3) is 7.23. The molecular formula is C26H26N4O5. The smallest absolute Gasteiger partial charge is 0.274 e. The molecule has 0 aliphatic carbocycles. The molecule has 0 saturated heterocycles. The second kappa shape index (κ2) is 12.1. The van der Waals surface area contributed by atoms with Gasteiger partial charge in [-0.15, -0.1) is 0 Å². The van der Waals surface area contributed by atoms with Gasteiger partial charge >= 0.3 is 0 Å². The second-order valence-corrected chi connectivity index (χ2v) is 7.82. The standard InChI is InChI=1S/C26H26N4O5/c1-18(31)29-23-17-24(30(34)35)22(13-15-28-26(33)20-10-6-3-7-11-20)16-21(23)12-14-27-25(32)19-8-4-2-5-9-19/h2-11,16-17H,12-15H2,1H3,(H,27,32)(H,28,33)(H,29,31). The maximum Gasteiger partial charge on any atom is 0.274 e. The van der Waals surface area contributed by atoms with Crippen molar-refractivity contribution in [3.8, 4) is 0 Å². The summed E-state index contributed by atoms with van der Waals surface area (Å²) in [7, 11) is 0. The molecule has 3 rings (SSSR count). The summed E-state index contributed by atoms with van der Waals surface area (Å²) in [6.07, 6.45) is 0.564. The van der Waals surface area contributed by atoms with Gasteiger partial charge in [0.1, 0.15) is 0 Å². The quantitative estimate of drug-likeness (QED) is 0.306. The highest BCUT2D eigenvalue weighted by molar-refractivity contribution is 5.94. The Hall–Kier alpha value is -4.53. The van der Waals surface area contributed by atoms with E-state index in [-0.39, 0.29) is 42.9 Å². The fraction of sp³-hybridized carbons (Fsp3) is 0.192. The average molecular weight is 475 g/mol. The van der Waals surface area contributed by atoms with E-state index in [9.17, 15) is 24.5 Å². The van der Waals surface area contributed by atoms with E-state index in [4.69, 9.17) is 0 Å². The second-order valence-electron chi connectivity index (χ2n) is 7.82. The Labute approximate surface area is 202 Å². The van der Waals surface area contributed by atoms with Crippen LogP contribution in [0.1, 0.15) is 38.8 Å². The minimum absolute atomic E-state index is 0.153. The van der Waals surface area contributed by atoms with E-state index in [1.807, 2.05) is 6.07 Å². The van der Waals surface area contributed by atoms with E-state index in [1.54, 1.807) is 60.7 Å². The fourth-order valence-electron chi connectivity index (χ4n) is 3.57. The number of nitro groups is 1. The van der Waals surface area contributed by atoms with Gasteiger partial charge in [-0.05, 0) is 48.7 Å². The first-order valence-corrected chi connectivity index (χ1v) is 11.1. The SMILES string of the molecule is CC(=O)Nc1cc([N+](=O)[O-])c(CCNC(=O)c2ccccc2)cc1CCNC(=O)c1ccccc1. The summed E-state index contributed by atoms with van der Waals surface area (Å²) < 4.78 is 0. The molecule has 0 heterocycles. The number of nitro benzene ring substituents is 1. The van der Waals surface area contributed by atoms with Crippen LogP contribution < -0.4 is 16.0 Å². The van der Waals surface area contributed by atoms with Crippen molar-refractivity contribution < 1.29 is 19.3 Å². The molecule has 0 spiro atoms. The summed E-state index contributed by atoms with van der Waals surface area (Å²) in [6.45, 7) is 1.78. The molecule has 0 aromatic heterocycles. The third-order valence-corrected chi connectivity index (χ3v) is 5.24. The average Bonchev–Trinajstić information content (AvgIpc) is 2.85. The minimum Gasteiger partial charge on any atom is -0.352 e. The Morgan fingerprint density at radius 1 is 0.771 bits per heavy atom. The van der Waals surface area contributed by atoms with Crippen molar-refractivity contribution >= 4 is 29.1 Å². The number of hydrogen-bond donors (Lipinski definition) is 3. The number of nitrogens with one attached hydrogen (secondary N) is 3. The van der Waals surface area contributed by atoms with Crippen LogP contribution in [0, 0.1) is 10.1 Å². The molecule has 0 radical (unpaired) electrons. The molecule has 0 fully saturated rings. The maximum absolute atomic E-state index is 12.3. The van der Waals surface area contributed by atoms with Gasteiger partial charge in [-0.2, -0.15) is 0 Å². The minimum atomic E-state index is -0.513. The molecule has 180 valence electrons. The van der Waals surface area contributed by atoms with Gasteiger partial charge in [0.25, 0.3) is 17.5 Å². The van der Waals surface area contributed by atoms with Crippen molar-refractivity contribution in [1.29, 1.82) is 0 Å². The van der Waals surface area contributed by atoms with Crippen LogP contribution in [0.3, 0.4) is 0 Å². The van der Waals surface area contributed by atoms with E-state index in [0.29, 0.717) is 34.4 Å². The van der Waals surface area contributed by atoms with Crippen LogP contribution in [0.25, 0.3) is 0 Å². The van der Waals surface area contributed by atoms with Crippen molar-refractivity contribution in [2.45, 2.75) is 19.8 Å². The summed E-state index contributed by atoms with van der Waals surface area (Å²) in [6, 6.07) is 20.4. The topological polar surface area (TPSA) is 130 Å².